The number of nitrogens with zero attached hydrogens (tertiary/aromatic N) is 2. The van der Waals surface area contributed by atoms with E-state index in [0.29, 0.717) is 11.4 Å². The summed E-state index contributed by atoms with van der Waals surface area (Å²) in [6.45, 7) is -2.99. The molecule has 3 aromatic rings. The van der Waals surface area contributed by atoms with Gasteiger partial charge in [-0.3, -0.25) is 4.79 Å². The molecule has 1 aromatic heterocycles. The number of hydrogen-bond acceptors (Lipinski definition) is 5. The standard InChI is InChI=1S/C20H16F2N4O2/c21-20(22)28-18-9-5-4-8-16(18)26-13-11-17(27)19(25-26)15(10-12-23)24-14-6-2-1-3-7-14/h1-13,20,23-24H/b15-10-,23-12?. The van der Waals surface area contributed by atoms with Crippen LogP contribution in [0.25, 0.3) is 11.4 Å². The predicted octanol–water partition coefficient (Wildman–Crippen LogP) is 3.94. The van der Waals surface area contributed by atoms with Crippen LogP contribution in [0.5, 0.6) is 5.75 Å². The van der Waals surface area contributed by atoms with Gasteiger partial charge < -0.3 is 15.5 Å². The number of nitrogens with one attached hydrogen (secondary N) is 2. The first-order chi connectivity index (χ1) is 13.6. The molecule has 0 radical (unpaired) electrons. The van der Waals surface area contributed by atoms with Crippen LogP contribution < -0.4 is 15.5 Å². The first-order valence-corrected chi connectivity index (χ1v) is 8.26. The molecule has 0 unspecified atom stereocenters. The van der Waals surface area contributed by atoms with Gasteiger partial charge in [0.15, 0.2) is 11.4 Å². The number of alkyl halides is 2. The molecule has 0 aliphatic heterocycles. The molecule has 3 rings (SSSR count). The van der Waals surface area contributed by atoms with Gasteiger partial charge in [0.25, 0.3) is 0 Å². The number of para-hydroxylation sites is 3. The lowest BCUT2D eigenvalue weighted by molar-refractivity contribution is -0.0499. The largest absolute Gasteiger partial charge is 0.433 e. The van der Waals surface area contributed by atoms with Crippen LogP contribution in [-0.2, 0) is 0 Å². The molecule has 0 saturated carbocycles. The molecule has 0 aliphatic carbocycles. The van der Waals surface area contributed by atoms with Crippen LogP contribution in [0.4, 0.5) is 14.5 Å². The van der Waals surface area contributed by atoms with E-state index in [4.69, 9.17) is 5.41 Å². The molecule has 8 heteroatoms. The summed E-state index contributed by atoms with van der Waals surface area (Å²) >= 11 is 0. The Labute approximate surface area is 159 Å². The Morgan fingerprint density at radius 3 is 2.54 bits per heavy atom. The van der Waals surface area contributed by atoms with Gasteiger partial charge in [-0.2, -0.15) is 13.9 Å². The highest BCUT2D eigenvalue weighted by atomic mass is 19.3. The Kier molecular flexibility index (Phi) is 5.91. The molecular formula is C20H16F2N4O2. The molecule has 0 bridgehead atoms. The highest BCUT2D eigenvalue weighted by molar-refractivity contribution is 5.86. The van der Waals surface area contributed by atoms with Crippen molar-refractivity contribution in [3.8, 4) is 11.4 Å². The summed E-state index contributed by atoms with van der Waals surface area (Å²) < 4.78 is 31.2. The quantitative estimate of drug-likeness (QED) is 0.607. The lowest BCUT2D eigenvalue weighted by atomic mass is 10.2. The van der Waals surface area contributed by atoms with Crippen molar-refractivity contribution < 1.29 is 13.5 Å². The van der Waals surface area contributed by atoms with E-state index in [0.717, 1.165) is 6.21 Å². The zero-order chi connectivity index (χ0) is 19.9. The third-order valence-corrected chi connectivity index (χ3v) is 3.69. The molecule has 0 atom stereocenters. The van der Waals surface area contributed by atoms with Gasteiger partial charge in [0.1, 0.15) is 5.69 Å². The third kappa shape index (κ3) is 4.47. The maximum atomic E-state index is 12.7. The summed E-state index contributed by atoms with van der Waals surface area (Å²) in [6, 6.07) is 16.5. The summed E-state index contributed by atoms with van der Waals surface area (Å²) in [5.41, 5.74) is 0.890. The molecule has 0 amide bonds. The van der Waals surface area contributed by atoms with E-state index in [2.05, 4.69) is 15.2 Å². The van der Waals surface area contributed by atoms with Crippen LogP contribution in [-0.4, -0.2) is 22.6 Å². The fourth-order valence-electron chi connectivity index (χ4n) is 2.51. The minimum absolute atomic E-state index is 0.0294. The van der Waals surface area contributed by atoms with Crippen LogP contribution >= 0.6 is 0 Å². The Bertz CT molecular complexity index is 1050. The number of rotatable bonds is 7. The number of allylic oxidation sites excluding steroid dienone is 1. The number of ether oxygens (including phenoxy) is 1. The van der Waals surface area contributed by atoms with Gasteiger partial charge in [-0.05, 0) is 30.3 Å². The van der Waals surface area contributed by atoms with E-state index < -0.39 is 6.61 Å². The van der Waals surface area contributed by atoms with E-state index in [9.17, 15) is 13.6 Å². The number of benzene rings is 2. The summed E-state index contributed by atoms with van der Waals surface area (Å²) in [7, 11) is 0. The van der Waals surface area contributed by atoms with Gasteiger partial charge in [-0.1, -0.05) is 30.3 Å². The smallest absolute Gasteiger partial charge is 0.387 e. The second-order valence-corrected chi connectivity index (χ2v) is 5.56. The number of halogens is 2. The molecule has 2 N–H and O–H groups in total. The molecule has 0 fully saturated rings. The van der Waals surface area contributed by atoms with Crippen molar-refractivity contribution in [3.63, 3.8) is 0 Å². The normalized spacial score (nSPS) is 11.3. The molecular weight excluding hydrogens is 366 g/mol. The minimum Gasteiger partial charge on any atom is -0.433 e. The monoisotopic (exact) mass is 382 g/mol. The molecule has 0 aliphatic rings. The van der Waals surface area contributed by atoms with Crippen LogP contribution in [0.1, 0.15) is 5.69 Å². The molecule has 0 spiro atoms. The van der Waals surface area contributed by atoms with Gasteiger partial charge >= 0.3 is 6.61 Å². The maximum absolute atomic E-state index is 12.7. The van der Waals surface area contributed by atoms with Crippen molar-refractivity contribution in [2.45, 2.75) is 6.61 Å². The molecule has 142 valence electrons. The fourth-order valence-corrected chi connectivity index (χ4v) is 2.51. The highest BCUT2D eigenvalue weighted by Crippen LogP contribution is 2.24. The fraction of sp³-hybridized carbons (Fsp3) is 0.0500. The van der Waals surface area contributed by atoms with Crippen molar-refractivity contribution in [2.24, 2.45) is 0 Å². The van der Waals surface area contributed by atoms with Crippen molar-refractivity contribution in [1.29, 1.82) is 5.41 Å². The average Bonchev–Trinajstić information content (AvgIpc) is 2.69. The second kappa shape index (κ2) is 8.72. The van der Waals surface area contributed by atoms with Gasteiger partial charge in [-0.25, -0.2) is 4.68 Å². The van der Waals surface area contributed by atoms with Gasteiger partial charge in [0.2, 0.25) is 5.43 Å². The number of aromatic nitrogens is 2. The predicted molar refractivity (Wildman–Crippen MR) is 103 cm³/mol. The summed E-state index contributed by atoms with van der Waals surface area (Å²) in [5, 5.41) is 14.7. The molecule has 1 heterocycles. The Balaban J connectivity index is 2.05. The number of anilines is 1. The lowest BCUT2D eigenvalue weighted by Gasteiger charge is -2.14. The Hall–Kier alpha value is -3.81. The minimum atomic E-state index is -2.99. The second-order valence-electron chi connectivity index (χ2n) is 5.56. The van der Waals surface area contributed by atoms with Crippen molar-refractivity contribution in [3.05, 3.63) is 88.9 Å². The molecule has 28 heavy (non-hydrogen) atoms. The first kappa shape index (κ1) is 19.0. The zero-order valence-corrected chi connectivity index (χ0v) is 14.5. The average molecular weight is 382 g/mol. The topological polar surface area (TPSA) is 80.0 Å². The van der Waals surface area contributed by atoms with E-state index in [1.54, 1.807) is 30.3 Å². The number of hydrogen-bond donors (Lipinski definition) is 2. The van der Waals surface area contributed by atoms with Gasteiger partial charge in [-0.15, -0.1) is 0 Å². The van der Waals surface area contributed by atoms with E-state index in [-0.39, 0.29) is 22.6 Å². The van der Waals surface area contributed by atoms with Crippen molar-refractivity contribution >= 4 is 17.6 Å². The van der Waals surface area contributed by atoms with Crippen molar-refractivity contribution in [1.82, 2.24) is 9.78 Å². The summed E-state index contributed by atoms with van der Waals surface area (Å²) in [6.07, 6.45) is 3.78. The molecule has 2 aromatic carbocycles. The van der Waals surface area contributed by atoms with Crippen molar-refractivity contribution in [2.75, 3.05) is 5.32 Å². The van der Waals surface area contributed by atoms with E-state index in [1.807, 2.05) is 18.2 Å². The lowest BCUT2D eigenvalue weighted by Crippen LogP contribution is -2.19. The third-order valence-electron chi connectivity index (χ3n) is 3.69. The Morgan fingerprint density at radius 1 is 1.11 bits per heavy atom. The maximum Gasteiger partial charge on any atom is 0.387 e. The SMILES string of the molecule is N=C/C=C(\Nc1ccccc1)c1nn(-c2ccccc2OC(F)F)ccc1=O. The van der Waals surface area contributed by atoms with Gasteiger partial charge in [0, 0.05) is 24.2 Å². The Morgan fingerprint density at radius 2 is 1.82 bits per heavy atom. The van der Waals surface area contributed by atoms with Crippen LogP contribution in [0.15, 0.2) is 77.7 Å². The van der Waals surface area contributed by atoms with E-state index in [1.165, 1.54) is 29.1 Å². The highest BCUT2D eigenvalue weighted by Gasteiger charge is 2.14. The first-order valence-electron chi connectivity index (χ1n) is 8.26. The summed E-state index contributed by atoms with van der Waals surface area (Å²) in [5.74, 6) is -0.0757. The zero-order valence-electron chi connectivity index (χ0n) is 14.5. The molecule has 6 nitrogen and oxygen atoms in total. The van der Waals surface area contributed by atoms with Gasteiger partial charge in [0.05, 0.1) is 5.70 Å². The van der Waals surface area contributed by atoms with Crippen LogP contribution in [0, 0.1) is 5.41 Å². The summed E-state index contributed by atoms with van der Waals surface area (Å²) in [4.78, 5) is 12.4. The van der Waals surface area contributed by atoms with Crippen LogP contribution in [0.3, 0.4) is 0 Å². The van der Waals surface area contributed by atoms with Crippen LogP contribution in [0.2, 0.25) is 0 Å². The van der Waals surface area contributed by atoms with E-state index >= 15 is 0 Å². The molecule has 0 saturated heterocycles.